The summed E-state index contributed by atoms with van der Waals surface area (Å²) < 4.78 is 1.70. The van der Waals surface area contributed by atoms with Crippen LogP contribution in [0.1, 0.15) is 40.0 Å². The van der Waals surface area contributed by atoms with Gasteiger partial charge in [-0.1, -0.05) is 35.9 Å². The smallest absolute Gasteiger partial charge is 0.274 e. The number of nitrogens with two attached hydrogens (primary N) is 1. The number of nitrogens with zero attached hydrogens (tertiary/aromatic N) is 5. The molecule has 0 spiro atoms. The maximum absolute atomic E-state index is 13.7. The monoisotopic (exact) mass is 511 g/mol. The molecule has 2 atom stereocenters. The number of hydrogen-bond donors (Lipinski definition) is 3. The number of aromatic nitrogens is 4. The van der Waals surface area contributed by atoms with Crippen LogP contribution in [0.4, 0.5) is 11.6 Å². The normalized spacial score (nSPS) is 15.2. The average Bonchev–Trinajstić information content (AvgIpc) is 3.46. The molecule has 5 rings (SSSR count). The Morgan fingerprint density at radius 2 is 2.00 bits per heavy atom. The summed E-state index contributed by atoms with van der Waals surface area (Å²) in [6, 6.07) is 16.7. The van der Waals surface area contributed by atoms with E-state index in [-0.39, 0.29) is 18.8 Å². The fourth-order valence-electron chi connectivity index (χ4n) is 4.98. The fraction of sp³-hybridized carbons (Fsp3) is 0.250. The SMILES string of the molecule is Cc1cccc([C@H](CO)C(C)(C(N)=O)N2Cc3ccc(-c4ccnc(Nc5ccnn5C)c4)nc3C2=O)c1. The highest BCUT2D eigenvalue weighted by molar-refractivity contribution is 6.01. The number of rotatable bonds is 8. The van der Waals surface area contributed by atoms with Gasteiger partial charge < -0.3 is 21.1 Å². The van der Waals surface area contributed by atoms with E-state index in [9.17, 15) is 14.7 Å². The van der Waals surface area contributed by atoms with Crippen LogP contribution in [0.3, 0.4) is 0 Å². The first-order valence-electron chi connectivity index (χ1n) is 12.2. The van der Waals surface area contributed by atoms with Gasteiger partial charge >= 0.3 is 0 Å². The largest absolute Gasteiger partial charge is 0.396 e. The number of pyridine rings is 2. The highest BCUT2D eigenvalue weighted by atomic mass is 16.3. The van der Waals surface area contributed by atoms with E-state index < -0.39 is 23.3 Å². The third-order valence-corrected chi connectivity index (χ3v) is 7.25. The molecule has 0 saturated carbocycles. The quantitative estimate of drug-likeness (QED) is 0.330. The molecule has 1 unspecified atom stereocenters. The lowest BCUT2D eigenvalue weighted by Crippen LogP contribution is -2.60. The molecule has 10 heteroatoms. The number of aryl methyl sites for hydroxylation is 2. The van der Waals surface area contributed by atoms with Crippen molar-refractivity contribution in [3.63, 3.8) is 0 Å². The number of carbonyl (C=O) groups excluding carboxylic acids is 2. The van der Waals surface area contributed by atoms with Gasteiger partial charge in [0.1, 0.15) is 22.9 Å². The van der Waals surface area contributed by atoms with Crippen molar-refractivity contribution in [3.8, 4) is 11.3 Å². The Morgan fingerprint density at radius 3 is 2.68 bits per heavy atom. The molecule has 2 amide bonds. The molecule has 0 radical (unpaired) electrons. The minimum Gasteiger partial charge on any atom is -0.396 e. The van der Waals surface area contributed by atoms with Crippen LogP contribution in [0.25, 0.3) is 11.3 Å². The molecule has 4 heterocycles. The molecule has 1 aromatic carbocycles. The van der Waals surface area contributed by atoms with Crippen LogP contribution in [-0.4, -0.2) is 53.7 Å². The van der Waals surface area contributed by atoms with E-state index in [1.165, 1.54) is 4.90 Å². The van der Waals surface area contributed by atoms with Gasteiger partial charge in [0, 0.05) is 42.9 Å². The van der Waals surface area contributed by atoms with Crippen LogP contribution in [0.2, 0.25) is 0 Å². The lowest BCUT2D eigenvalue weighted by atomic mass is 9.78. The highest BCUT2D eigenvalue weighted by Gasteiger charge is 2.51. The Bertz CT molecular complexity index is 1530. The lowest BCUT2D eigenvalue weighted by Gasteiger charge is -2.41. The molecule has 4 N–H and O–H groups in total. The molecule has 4 aromatic rings. The van der Waals surface area contributed by atoms with Crippen molar-refractivity contribution < 1.29 is 14.7 Å². The van der Waals surface area contributed by atoms with Crippen molar-refractivity contribution >= 4 is 23.5 Å². The molecular weight excluding hydrogens is 482 g/mol. The summed E-state index contributed by atoms with van der Waals surface area (Å²) >= 11 is 0. The predicted octanol–water partition coefficient (Wildman–Crippen LogP) is 2.91. The van der Waals surface area contributed by atoms with Gasteiger partial charge in [-0.05, 0) is 37.6 Å². The summed E-state index contributed by atoms with van der Waals surface area (Å²) in [6.07, 6.45) is 3.35. The van der Waals surface area contributed by atoms with Crippen molar-refractivity contribution in [2.75, 3.05) is 11.9 Å². The molecule has 1 aliphatic rings. The number of carbonyl (C=O) groups is 2. The number of amides is 2. The molecule has 38 heavy (non-hydrogen) atoms. The number of hydrogen-bond acceptors (Lipinski definition) is 7. The number of anilines is 2. The molecular formula is C28H29N7O3. The van der Waals surface area contributed by atoms with E-state index in [1.807, 2.05) is 68.6 Å². The second kappa shape index (κ2) is 9.71. The van der Waals surface area contributed by atoms with Crippen molar-refractivity contribution in [2.24, 2.45) is 12.8 Å². The van der Waals surface area contributed by atoms with E-state index >= 15 is 0 Å². The van der Waals surface area contributed by atoms with Crippen LogP contribution in [0.5, 0.6) is 0 Å². The zero-order valence-electron chi connectivity index (χ0n) is 21.4. The number of primary amides is 1. The van der Waals surface area contributed by atoms with Gasteiger partial charge in [0.05, 0.1) is 18.5 Å². The minimum absolute atomic E-state index is 0.160. The second-order valence-corrected chi connectivity index (χ2v) is 9.65. The molecule has 0 bridgehead atoms. The summed E-state index contributed by atoms with van der Waals surface area (Å²) in [7, 11) is 1.83. The van der Waals surface area contributed by atoms with Gasteiger partial charge in [-0.25, -0.2) is 9.97 Å². The third-order valence-electron chi connectivity index (χ3n) is 7.25. The first-order chi connectivity index (χ1) is 18.2. The van der Waals surface area contributed by atoms with Gasteiger partial charge in [0.2, 0.25) is 5.91 Å². The van der Waals surface area contributed by atoms with Crippen molar-refractivity contribution in [2.45, 2.75) is 31.8 Å². The van der Waals surface area contributed by atoms with Gasteiger partial charge in [0.25, 0.3) is 5.91 Å². The molecule has 0 aliphatic carbocycles. The van der Waals surface area contributed by atoms with E-state index in [4.69, 9.17) is 5.73 Å². The van der Waals surface area contributed by atoms with Crippen LogP contribution in [0.15, 0.2) is 67.0 Å². The Morgan fingerprint density at radius 1 is 1.18 bits per heavy atom. The average molecular weight is 512 g/mol. The number of fused-ring (bicyclic) bond motifs is 1. The fourth-order valence-corrected chi connectivity index (χ4v) is 4.98. The molecule has 194 valence electrons. The second-order valence-electron chi connectivity index (χ2n) is 9.65. The van der Waals surface area contributed by atoms with Crippen LogP contribution in [0, 0.1) is 6.92 Å². The van der Waals surface area contributed by atoms with Gasteiger partial charge in [-0.2, -0.15) is 5.10 Å². The van der Waals surface area contributed by atoms with Gasteiger partial charge in [-0.3, -0.25) is 14.3 Å². The summed E-state index contributed by atoms with van der Waals surface area (Å²) in [5.74, 6) is -0.429. The molecule has 3 aromatic heterocycles. The Kier molecular flexibility index (Phi) is 6.41. The standard InChI is InChI=1S/C28H29N7O3/c1-17-5-4-6-18(13-17)21(16-36)28(2,27(29)38)35-15-20-7-8-22(32-25(20)26(35)37)19-9-11-30-23(14-19)33-24-10-12-31-34(24)3/h4-14,21,36H,15-16H2,1-3H3,(H2,29,38)(H,30,33)/t21-,28?/m0/s1. The molecule has 0 fully saturated rings. The number of aliphatic hydroxyl groups is 1. The van der Waals surface area contributed by atoms with Crippen molar-refractivity contribution in [1.29, 1.82) is 0 Å². The van der Waals surface area contributed by atoms with Gasteiger partial charge in [0.15, 0.2) is 0 Å². The van der Waals surface area contributed by atoms with E-state index in [0.29, 0.717) is 17.1 Å². The predicted molar refractivity (Wildman–Crippen MR) is 142 cm³/mol. The summed E-state index contributed by atoms with van der Waals surface area (Å²) in [6.45, 7) is 3.35. The first kappa shape index (κ1) is 25.1. The van der Waals surface area contributed by atoms with E-state index in [1.54, 1.807) is 24.0 Å². The maximum atomic E-state index is 13.7. The summed E-state index contributed by atoms with van der Waals surface area (Å²) in [4.78, 5) is 37.1. The van der Waals surface area contributed by atoms with E-state index in [2.05, 4.69) is 20.4 Å². The Labute approximate surface area is 220 Å². The van der Waals surface area contributed by atoms with Crippen LogP contribution >= 0.6 is 0 Å². The highest BCUT2D eigenvalue weighted by Crippen LogP contribution is 2.39. The summed E-state index contributed by atoms with van der Waals surface area (Å²) in [5, 5.41) is 17.7. The van der Waals surface area contributed by atoms with Crippen molar-refractivity contribution in [1.82, 2.24) is 24.6 Å². The van der Waals surface area contributed by atoms with Crippen molar-refractivity contribution in [3.05, 3.63) is 89.4 Å². The third kappa shape index (κ3) is 4.28. The molecule has 0 saturated heterocycles. The van der Waals surface area contributed by atoms with Gasteiger partial charge in [-0.15, -0.1) is 0 Å². The Hall–Kier alpha value is -4.57. The van der Waals surface area contributed by atoms with Crippen LogP contribution < -0.4 is 11.1 Å². The van der Waals surface area contributed by atoms with Crippen LogP contribution in [-0.2, 0) is 18.4 Å². The maximum Gasteiger partial charge on any atom is 0.274 e. The molecule has 10 nitrogen and oxygen atoms in total. The Balaban J connectivity index is 1.47. The molecule has 1 aliphatic heterocycles. The lowest BCUT2D eigenvalue weighted by molar-refractivity contribution is -0.130. The number of aliphatic hydroxyl groups excluding tert-OH is 1. The number of nitrogens with one attached hydrogen (secondary N) is 1. The summed E-state index contributed by atoms with van der Waals surface area (Å²) in [5.41, 5.74) is 8.46. The zero-order chi connectivity index (χ0) is 27.0. The topological polar surface area (TPSA) is 139 Å². The minimum atomic E-state index is -1.47. The van der Waals surface area contributed by atoms with E-state index in [0.717, 1.165) is 22.5 Å². The first-order valence-corrected chi connectivity index (χ1v) is 12.2. The number of benzene rings is 1. The zero-order valence-corrected chi connectivity index (χ0v) is 21.4.